The lowest BCUT2D eigenvalue weighted by Gasteiger charge is -2.34. The quantitative estimate of drug-likeness (QED) is 0.919. The van der Waals surface area contributed by atoms with Crippen LogP contribution < -0.4 is 5.32 Å². The predicted molar refractivity (Wildman–Crippen MR) is 88.7 cm³/mol. The van der Waals surface area contributed by atoms with Crippen LogP contribution in [0.15, 0.2) is 23.1 Å². The van der Waals surface area contributed by atoms with Gasteiger partial charge in [0.2, 0.25) is 10.0 Å². The van der Waals surface area contributed by atoms with Gasteiger partial charge < -0.3 is 5.32 Å². The molecule has 2 fully saturated rings. The molecule has 1 unspecified atom stereocenters. The molecule has 2 heterocycles. The monoisotopic (exact) mass is 342 g/mol. The Morgan fingerprint density at radius 3 is 2.55 bits per heavy atom. The van der Waals surface area contributed by atoms with E-state index in [4.69, 9.17) is 11.6 Å². The number of sulfonamides is 1. The average molecular weight is 343 g/mol. The van der Waals surface area contributed by atoms with Crippen molar-refractivity contribution in [3.63, 3.8) is 0 Å². The van der Waals surface area contributed by atoms with E-state index in [1.807, 2.05) is 6.92 Å². The predicted octanol–water partition coefficient (Wildman–Crippen LogP) is 2.80. The molecule has 0 aliphatic carbocycles. The molecular formula is C16H23ClN2O2S. The smallest absolute Gasteiger partial charge is 0.244 e. The van der Waals surface area contributed by atoms with E-state index in [1.165, 1.54) is 12.8 Å². The van der Waals surface area contributed by atoms with Gasteiger partial charge in [-0.2, -0.15) is 4.31 Å². The van der Waals surface area contributed by atoms with Crippen LogP contribution in [0, 0.1) is 12.8 Å². The Kier molecular flexibility index (Phi) is 4.78. The van der Waals surface area contributed by atoms with Crippen molar-refractivity contribution in [3.8, 4) is 0 Å². The maximum absolute atomic E-state index is 12.8. The van der Waals surface area contributed by atoms with Gasteiger partial charge in [-0.25, -0.2) is 8.42 Å². The maximum Gasteiger partial charge on any atom is 0.244 e. The fourth-order valence-corrected chi connectivity index (χ4v) is 5.63. The Morgan fingerprint density at radius 1 is 1.23 bits per heavy atom. The largest absolute Gasteiger partial charge is 0.314 e. The van der Waals surface area contributed by atoms with E-state index in [1.54, 1.807) is 22.5 Å². The van der Waals surface area contributed by atoms with Crippen molar-refractivity contribution in [3.05, 3.63) is 28.8 Å². The topological polar surface area (TPSA) is 49.4 Å². The summed E-state index contributed by atoms with van der Waals surface area (Å²) in [5.41, 5.74) is 0.968. The zero-order chi connectivity index (χ0) is 15.7. The molecule has 0 saturated carbocycles. The SMILES string of the molecule is Cc1ccc(S(=O)(=O)N2CCC(C3CCCN3)CC2)c(Cl)c1. The zero-order valence-electron chi connectivity index (χ0n) is 12.9. The fourth-order valence-electron chi connectivity index (χ4n) is 3.59. The highest BCUT2D eigenvalue weighted by atomic mass is 35.5. The van der Waals surface area contributed by atoms with Gasteiger partial charge in [0.25, 0.3) is 0 Å². The highest BCUT2D eigenvalue weighted by Gasteiger charge is 2.34. The van der Waals surface area contributed by atoms with Gasteiger partial charge in [0.15, 0.2) is 0 Å². The minimum Gasteiger partial charge on any atom is -0.314 e. The molecule has 22 heavy (non-hydrogen) atoms. The summed E-state index contributed by atoms with van der Waals surface area (Å²) in [6, 6.07) is 5.71. The summed E-state index contributed by atoms with van der Waals surface area (Å²) in [5.74, 6) is 0.599. The second-order valence-corrected chi connectivity index (χ2v) is 8.69. The first-order valence-corrected chi connectivity index (χ1v) is 9.80. The molecule has 2 aliphatic rings. The summed E-state index contributed by atoms with van der Waals surface area (Å²) in [4.78, 5) is 0.234. The van der Waals surface area contributed by atoms with Crippen LogP contribution in [0.25, 0.3) is 0 Å². The third-order valence-electron chi connectivity index (χ3n) is 4.87. The second-order valence-electron chi connectivity index (χ2n) is 6.38. The molecule has 122 valence electrons. The lowest BCUT2D eigenvalue weighted by Crippen LogP contribution is -2.43. The number of halogens is 1. The second kappa shape index (κ2) is 6.48. The number of piperidine rings is 1. The number of rotatable bonds is 3. The highest BCUT2D eigenvalue weighted by Crippen LogP contribution is 2.31. The first-order chi connectivity index (χ1) is 10.5. The van der Waals surface area contributed by atoms with Crippen LogP contribution in [0.2, 0.25) is 5.02 Å². The van der Waals surface area contributed by atoms with E-state index in [9.17, 15) is 8.42 Å². The molecule has 3 rings (SSSR count). The van der Waals surface area contributed by atoms with Crippen molar-refractivity contribution in [2.75, 3.05) is 19.6 Å². The fraction of sp³-hybridized carbons (Fsp3) is 0.625. The highest BCUT2D eigenvalue weighted by molar-refractivity contribution is 7.89. The first kappa shape index (κ1) is 16.2. The van der Waals surface area contributed by atoms with Crippen molar-refractivity contribution in [2.24, 2.45) is 5.92 Å². The normalized spacial score (nSPS) is 24.7. The van der Waals surface area contributed by atoms with Crippen LogP contribution in [-0.4, -0.2) is 38.4 Å². The molecule has 1 atom stereocenters. The zero-order valence-corrected chi connectivity index (χ0v) is 14.5. The molecule has 2 aliphatic heterocycles. The van der Waals surface area contributed by atoms with Gasteiger partial charge in [-0.3, -0.25) is 0 Å². The summed E-state index contributed by atoms with van der Waals surface area (Å²) in [6.07, 6.45) is 4.32. The van der Waals surface area contributed by atoms with Crippen LogP contribution >= 0.6 is 11.6 Å². The van der Waals surface area contributed by atoms with Gasteiger partial charge in [-0.15, -0.1) is 0 Å². The summed E-state index contributed by atoms with van der Waals surface area (Å²) in [6.45, 7) is 4.19. The van der Waals surface area contributed by atoms with E-state index >= 15 is 0 Å². The molecule has 6 heteroatoms. The molecular weight excluding hydrogens is 320 g/mol. The first-order valence-electron chi connectivity index (χ1n) is 7.98. The van der Waals surface area contributed by atoms with E-state index in [0.717, 1.165) is 24.9 Å². The molecule has 4 nitrogen and oxygen atoms in total. The number of nitrogens with one attached hydrogen (secondary N) is 1. The molecule has 1 aromatic rings. The van der Waals surface area contributed by atoms with Crippen molar-refractivity contribution in [1.82, 2.24) is 9.62 Å². The molecule has 0 radical (unpaired) electrons. The maximum atomic E-state index is 12.8. The van der Waals surface area contributed by atoms with Crippen molar-refractivity contribution >= 4 is 21.6 Å². The van der Waals surface area contributed by atoms with Gasteiger partial charge >= 0.3 is 0 Å². The number of hydrogen-bond acceptors (Lipinski definition) is 3. The van der Waals surface area contributed by atoms with Crippen LogP contribution in [0.5, 0.6) is 0 Å². The summed E-state index contributed by atoms with van der Waals surface area (Å²) in [7, 11) is -3.48. The lowest BCUT2D eigenvalue weighted by atomic mass is 9.89. The Labute approximate surface area is 137 Å². The number of nitrogens with zero attached hydrogens (tertiary/aromatic N) is 1. The lowest BCUT2D eigenvalue weighted by molar-refractivity contribution is 0.234. The van der Waals surface area contributed by atoms with E-state index in [0.29, 0.717) is 30.1 Å². The summed E-state index contributed by atoms with van der Waals surface area (Å²) < 4.78 is 27.1. The van der Waals surface area contributed by atoms with Gasteiger partial charge in [-0.05, 0) is 62.8 Å². The minimum atomic E-state index is -3.48. The molecule has 0 aromatic heterocycles. The van der Waals surface area contributed by atoms with Crippen LogP contribution in [0.4, 0.5) is 0 Å². The van der Waals surface area contributed by atoms with Crippen molar-refractivity contribution in [1.29, 1.82) is 0 Å². The van der Waals surface area contributed by atoms with Gasteiger partial charge in [0.1, 0.15) is 4.90 Å². The van der Waals surface area contributed by atoms with E-state index in [-0.39, 0.29) is 4.90 Å². The Bertz CT molecular complexity index is 634. The average Bonchev–Trinajstić information content (AvgIpc) is 3.01. The number of benzene rings is 1. The Morgan fingerprint density at radius 2 is 1.95 bits per heavy atom. The molecule has 2 saturated heterocycles. The van der Waals surface area contributed by atoms with Crippen molar-refractivity contribution in [2.45, 2.75) is 43.5 Å². The number of hydrogen-bond donors (Lipinski definition) is 1. The molecule has 1 aromatic carbocycles. The van der Waals surface area contributed by atoms with Crippen LogP contribution in [0.1, 0.15) is 31.2 Å². The Balaban J connectivity index is 1.71. The van der Waals surface area contributed by atoms with Crippen molar-refractivity contribution < 1.29 is 8.42 Å². The Hall–Kier alpha value is -0.620. The minimum absolute atomic E-state index is 0.234. The van der Waals surface area contributed by atoms with Crippen LogP contribution in [0.3, 0.4) is 0 Å². The standard InChI is InChI=1S/C16H23ClN2O2S/c1-12-4-5-16(14(17)11-12)22(20,21)19-9-6-13(7-10-19)15-3-2-8-18-15/h4-5,11,13,15,18H,2-3,6-10H2,1H3. The van der Waals surface area contributed by atoms with Gasteiger partial charge in [0.05, 0.1) is 5.02 Å². The van der Waals surface area contributed by atoms with Gasteiger partial charge in [-0.1, -0.05) is 17.7 Å². The van der Waals surface area contributed by atoms with E-state index < -0.39 is 10.0 Å². The summed E-state index contributed by atoms with van der Waals surface area (Å²) in [5, 5.41) is 3.86. The molecule has 0 amide bonds. The molecule has 1 N–H and O–H groups in total. The third kappa shape index (κ3) is 3.18. The van der Waals surface area contributed by atoms with Crippen LogP contribution in [-0.2, 0) is 10.0 Å². The molecule has 0 bridgehead atoms. The number of aryl methyl sites for hydroxylation is 1. The molecule has 0 spiro atoms. The summed E-state index contributed by atoms with van der Waals surface area (Å²) >= 11 is 6.15. The van der Waals surface area contributed by atoms with Gasteiger partial charge in [0, 0.05) is 19.1 Å². The van der Waals surface area contributed by atoms with E-state index in [2.05, 4.69) is 5.32 Å². The third-order valence-corrected chi connectivity index (χ3v) is 7.25.